The van der Waals surface area contributed by atoms with Crippen LogP contribution in [0.25, 0.3) is 0 Å². The molecule has 2 aliphatic heterocycles. The van der Waals surface area contributed by atoms with Crippen LogP contribution in [0.4, 0.5) is 0 Å². The lowest BCUT2D eigenvalue weighted by atomic mass is 9.92. The van der Waals surface area contributed by atoms with Crippen LogP contribution in [0.5, 0.6) is 11.5 Å². The first-order valence-electron chi connectivity index (χ1n) is 9.55. The second-order valence-corrected chi connectivity index (χ2v) is 7.22. The number of aliphatic carboxylic acids is 1. The number of carbonyl (C=O) groups is 2. The van der Waals surface area contributed by atoms with Crippen LogP contribution in [0.2, 0.25) is 0 Å². The van der Waals surface area contributed by atoms with Gasteiger partial charge < -0.3 is 29.0 Å². The SMILES string of the molecule is CCOc1cc(C(=O)N2CC(C)OC3(CCOC3C)C2)ccc1OCC(=O)O. The number of hydrogen-bond acceptors (Lipinski definition) is 6. The Balaban J connectivity index is 1.80. The number of carbonyl (C=O) groups excluding carboxylic acids is 1. The van der Waals surface area contributed by atoms with Gasteiger partial charge in [0.05, 0.1) is 25.4 Å². The van der Waals surface area contributed by atoms with Crippen LogP contribution in [0.1, 0.15) is 37.6 Å². The molecule has 3 unspecified atom stereocenters. The van der Waals surface area contributed by atoms with Gasteiger partial charge in [-0.3, -0.25) is 4.79 Å². The molecule has 2 saturated heterocycles. The van der Waals surface area contributed by atoms with E-state index in [1.807, 2.05) is 20.8 Å². The van der Waals surface area contributed by atoms with E-state index < -0.39 is 18.2 Å². The molecule has 3 rings (SSSR count). The highest BCUT2D eigenvalue weighted by molar-refractivity contribution is 5.95. The van der Waals surface area contributed by atoms with E-state index in [4.69, 9.17) is 24.1 Å². The lowest BCUT2D eigenvalue weighted by Crippen LogP contribution is -2.59. The number of benzene rings is 1. The molecule has 154 valence electrons. The van der Waals surface area contributed by atoms with Crippen LogP contribution in [0.3, 0.4) is 0 Å². The largest absolute Gasteiger partial charge is 0.490 e. The summed E-state index contributed by atoms with van der Waals surface area (Å²) < 4.78 is 22.7. The smallest absolute Gasteiger partial charge is 0.341 e. The number of morpholine rings is 1. The molecule has 0 saturated carbocycles. The van der Waals surface area contributed by atoms with Crippen molar-refractivity contribution >= 4 is 11.9 Å². The van der Waals surface area contributed by atoms with Crippen LogP contribution >= 0.6 is 0 Å². The fraction of sp³-hybridized carbons (Fsp3) is 0.600. The predicted octanol–water partition coefficient (Wildman–Crippen LogP) is 1.96. The quantitative estimate of drug-likeness (QED) is 0.789. The monoisotopic (exact) mass is 393 g/mol. The first kappa shape index (κ1) is 20.4. The Labute approximate surface area is 164 Å². The Morgan fingerprint density at radius 1 is 1.29 bits per heavy atom. The van der Waals surface area contributed by atoms with Gasteiger partial charge in [-0.15, -0.1) is 0 Å². The van der Waals surface area contributed by atoms with E-state index in [0.29, 0.717) is 43.4 Å². The van der Waals surface area contributed by atoms with Gasteiger partial charge in [0.25, 0.3) is 5.91 Å². The molecule has 0 bridgehead atoms. The lowest BCUT2D eigenvalue weighted by Gasteiger charge is -2.45. The van der Waals surface area contributed by atoms with Gasteiger partial charge in [-0.25, -0.2) is 4.79 Å². The van der Waals surface area contributed by atoms with Gasteiger partial charge >= 0.3 is 5.97 Å². The van der Waals surface area contributed by atoms with Crippen molar-refractivity contribution in [3.63, 3.8) is 0 Å². The normalized spacial score (nSPS) is 27.0. The summed E-state index contributed by atoms with van der Waals surface area (Å²) in [4.78, 5) is 25.7. The number of nitrogens with zero attached hydrogens (tertiary/aromatic N) is 1. The van der Waals surface area contributed by atoms with E-state index in [9.17, 15) is 9.59 Å². The van der Waals surface area contributed by atoms with Crippen molar-refractivity contribution in [3.05, 3.63) is 23.8 Å². The summed E-state index contributed by atoms with van der Waals surface area (Å²) >= 11 is 0. The third-order valence-corrected chi connectivity index (χ3v) is 5.13. The van der Waals surface area contributed by atoms with Crippen molar-refractivity contribution in [2.24, 2.45) is 0 Å². The van der Waals surface area contributed by atoms with Crippen LogP contribution in [0.15, 0.2) is 18.2 Å². The Kier molecular flexibility index (Phi) is 6.10. The summed E-state index contributed by atoms with van der Waals surface area (Å²) in [7, 11) is 0. The minimum absolute atomic E-state index is 0.0728. The van der Waals surface area contributed by atoms with Gasteiger partial charge in [0.15, 0.2) is 18.1 Å². The predicted molar refractivity (Wildman–Crippen MR) is 100.0 cm³/mol. The van der Waals surface area contributed by atoms with Gasteiger partial charge in [-0.1, -0.05) is 0 Å². The van der Waals surface area contributed by atoms with Crippen molar-refractivity contribution < 1.29 is 33.6 Å². The number of carboxylic acids is 1. The van der Waals surface area contributed by atoms with Gasteiger partial charge in [0, 0.05) is 25.1 Å². The number of rotatable bonds is 6. The number of amides is 1. The molecule has 1 aromatic rings. The summed E-state index contributed by atoms with van der Waals surface area (Å²) in [5.41, 5.74) is -0.0115. The Morgan fingerprint density at radius 2 is 2.07 bits per heavy atom. The molecule has 1 N–H and O–H groups in total. The maximum Gasteiger partial charge on any atom is 0.341 e. The molecule has 2 heterocycles. The lowest BCUT2D eigenvalue weighted by molar-refractivity contribution is -0.160. The van der Waals surface area contributed by atoms with Crippen molar-refractivity contribution in [2.45, 2.75) is 45.0 Å². The molecular weight excluding hydrogens is 366 g/mol. The van der Waals surface area contributed by atoms with Crippen LogP contribution in [0, 0.1) is 0 Å². The van der Waals surface area contributed by atoms with E-state index in [0.717, 1.165) is 6.42 Å². The van der Waals surface area contributed by atoms with Crippen molar-refractivity contribution in [1.29, 1.82) is 0 Å². The summed E-state index contributed by atoms with van der Waals surface area (Å²) in [6, 6.07) is 4.80. The van der Waals surface area contributed by atoms with Crippen LogP contribution in [-0.4, -0.2) is 72.6 Å². The average Bonchev–Trinajstić information content (AvgIpc) is 2.98. The van der Waals surface area contributed by atoms with Gasteiger partial charge in [-0.05, 0) is 39.0 Å². The molecule has 2 fully saturated rings. The van der Waals surface area contributed by atoms with Gasteiger partial charge in [-0.2, -0.15) is 0 Å². The van der Waals surface area contributed by atoms with Crippen LogP contribution < -0.4 is 9.47 Å². The minimum Gasteiger partial charge on any atom is -0.490 e. The summed E-state index contributed by atoms with van der Waals surface area (Å²) in [5, 5.41) is 8.81. The molecule has 3 atom stereocenters. The van der Waals surface area contributed by atoms with Crippen molar-refractivity contribution in [1.82, 2.24) is 4.90 Å². The average molecular weight is 393 g/mol. The molecule has 0 radical (unpaired) electrons. The second kappa shape index (κ2) is 8.36. The summed E-state index contributed by atoms with van der Waals surface area (Å²) in [6.07, 6.45) is 0.594. The molecule has 8 nitrogen and oxygen atoms in total. The van der Waals surface area contributed by atoms with E-state index >= 15 is 0 Å². The second-order valence-electron chi connectivity index (χ2n) is 7.22. The standard InChI is InChI=1S/C20H27NO7/c1-4-25-17-9-15(5-6-16(17)27-11-18(22)23)19(24)21-10-13(2)28-20(12-21)7-8-26-14(20)3/h5-6,9,13-14H,4,7-8,10-12H2,1-3H3,(H,22,23). The zero-order valence-corrected chi connectivity index (χ0v) is 16.5. The maximum absolute atomic E-state index is 13.2. The Hall–Kier alpha value is -2.32. The highest BCUT2D eigenvalue weighted by Crippen LogP contribution is 2.36. The van der Waals surface area contributed by atoms with Gasteiger partial charge in [0.2, 0.25) is 0 Å². The number of ether oxygens (including phenoxy) is 4. The Morgan fingerprint density at radius 3 is 2.71 bits per heavy atom. The fourth-order valence-electron chi connectivity index (χ4n) is 3.80. The zero-order valence-electron chi connectivity index (χ0n) is 16.5. The van der Waals surface area contributed by atoms with Gasteiger partial charge in [0.1, 0.15) is 5.60 Å². The summed E-state index contributed by atoms with van der Waals surface area (Å²) in [6.45, 7) is 7.23. The molecule has 1 spiro atoms. The highest BCUT2D eigenvalue weighted by Gasteiger charge is 2.48. The van der Waals surface area contributed by atoms with Crippen LogP contribution in [-0.2, 0) is 14.3 Å². The highest BCUT2D eigenvalue weighted by atomic mass is 16.6. The molecule has 28 heavy (non-hydrogen) atoms. The van der Waals surface area contributed by atoms with E-state index in [-0.39, 0.29) is 18.1 Å². The topological polar surface area (TPSA) is 94.5 Å². The molecule has 2 aliphatic rings. The number of carboxylic acid groups (broad SMARTS) is 1. The van der Waals surface area contributed by atoms with E-state index in [1.165, 1.54) is 0 Å². The van der Waals surface area contributed by atoms with E-state index in [1.54, 1.807) is 23.1 Å². The first-order chi connectivity index (χ1) is 13.3. The molecule has 0 aliphatic carbocycles. The molecule has 0 aromatic heterocycles. The Bertz CT molecular complexity index is 737. The fourth-order valence-corrected chi connectivity index (χ4v) is 3.80. The third kappa shape index (κ3) is 4.23. The maximum atomic E-state index is 13.2. The molecule has 1 aromatic carbocycles. The molecule has 8 heteroatoms. The summed E-state index contributed by atoms with van der Waals surface area (Å²) in [5.74, 6) is -0.559. The van der Waals surface area contributed by atoms with Crippen molar-refractivity contribution in [2.75, 3.05) is 32.9 Å². The molecule has 1 amide bonds. The third-order valence-electron chi connectivity index (χ3n) is 5.13. The van der Waals surface area contributed by atoms with E-state index in [2.05, 4.69) is 0 Å². The molecular formula is C20H27NO7. The van der Waals surface area contributed by atoms with Crippen molar-refractivity contribution in [3.8, 4) is 11.5 Å². The minimum atomic E-state index is -1.08. The first-order valence-corrected chi connectivity index (χ1v) is 9.55. The zero-order chi connectivity index (χ0) is 20.3. The number of hydrogen-bond donors (Lipinski definition) is 1.